The molecule has 0 aliphatic heterocycles. The summed E-state index contributed by atoms with van der Waals surface area (Å²) in [4.78, 5) is 0. The van der Waals surface area contributed by atoms with E-state index >= 15 is 0 Å². The second-order valence-corrected chi connectivity index (χ2v) is 3.27. The van der Waals surface area contributed by atoms with Crippen LogP contribution in [0, 0.1) is 0 Å². The Bertz CT molecular complexity index is 287. The third kappa shape index (κ3) is 3.94. The van der Waals surface area contributed by atoms with E-state index < -0.39 is 0 Å². The molecule has 0 aliphatic rings. The molecule has 0 bridgehead atoms. The standard InChI is InChI=1S/C13H17N/c1-3-4-8-12(2)14-11-13-9-6-5-7-10-13/h3,5-7,9-10,14H,1-2,4,8,11H2. The molecule has 0 heterocycles. The van der Waals surface area contributed by atoms with Gasteiger partial charge in [-0.2, -0.15) is 0 Å². The lowest BCUT2D eigenvalue weighted by Gasteiger charge is -2.08. The Kier molecular flexibility index (Phi) is 4.56. The zero-order valence-electron chi connectivity index (χ0n) is 8.50. The van der Waals surface area contributed by atoms with E-state index in [1.54, 1.807) is 0 Å². The molecular formula is C13H17N. The van der Waals surface area contributed by atoms with E-state index in [0.29, 0.717) is 0 Å². The zero-order chi connectivity index (χ0) is 10.2. The van der Waals surface area contributed by atoms with Crippen molar-refractivity contribution < 1.29 is 0 Å². The van der Waals surface area contributed by atoms with Crippen LogP contribution in [0.5, 0.6) is 0 Å². The maximum absolute atomic E-state index is 3.95. The minimum Gasteiger partial charge on any atom is -0.385 e. The third-order valence-electron chi connectivity index (χ3n) is 2.04. The lowest BCUT2D eigenvalue weighted by molar-refractivity contribution is 0.757. The van der Waals surface area contributed by atoms with Gasteiger partial charge in [0, 0.05) is 12.2 Å². The quantitative estimate of drug-likeness (QED) is 0.674. The third-order valence-corrected chi connectivity index (χ3v) is 2.04. The molecule has 0 spiro atoms. The molecular weight excluding hydrogens is 170 g/mol. The van der Waals surface area contributed by atoms with Crippen LogP contribution >= 0.6 is 0 Å². The summed E-state index contributed by atoms with van der Waals surface area (Å²) in [5.41, 5.74) is 2.36. The summed E-state index contributed by atoms with van der Waals surface area (Å²) in [6.07, 6.45) is 3.87. The average molecular weight is 187 g/mol. The highest BCUT2D eigenvalue weighted by Gasteiger charge is 1.93. The Morgan fingerprint density at radius 3 is 2.64 bits per heavy atom. The Morgan fingerprint density at radius 1 is 1.29 bits per heavy atom. The molecule has 0 saturated carbocycles. The molecule has 0 radical (unpaired) electrons. The highest BCUT2D eigenvalue weighted by molar-refractivity contribution is 5.15. The number of benzene rings is 1. The Hall–Kier alpha value is -1.50. The summed E-state index contributed by atoms with van der Waals surface area (Å²) >= 11 is 0. The van der Waals surface area contributed by atoms with Gasteiger partial charge in [-0.25, -0.2) is 0 Å². The molecule has 0 fully saturated rings. The molecule has 1 heteroatoms. The van der Waals surface area contributed by atoms with Crippen molar-refractivity contribution in [1.82, 2.24) is 5.32 Å². The van der Waals surface area contributed by atoms with Crippen molar-refractivity contribution >= 4 is 0 Å². The first kappa shape index (κ1) is 10.6. The topological polar surface area (TPSA) is 12.0 Å². The van der Waals surface area contributed by atoms with Gasteiger partial charge < -0.3 is 5.32 Å². The zero-order valence-corrected chi connectivity index (χ0v) is 8.50. The molecule has 1 aromatic carbocycles. The minimum absolute atomic E-state index is 0.858. The Labute approximate surface area is 86.2 Å². The molecule has 0 atom stereocenters. The van der Waals surface area contributed by atoms with Gasteiger partial charge in [-0.3, -0.25) is 0 Å². The van der Waals surface area contributed by atoms with E-state index in [2.05, 4.69) is 30.6 Å². The van der Waals surface area contributed by atoms with Crippen molar-refractivity contribution in [1.29, 1.82) is 0 Å². The van der Waals surface area contributed by atoms with E-state index in [4.69, 9.17) is 0 Å². The van der Waals surface area contributed by atoms with Crippen molar-refractivity contribution in [3.63, 3.8) is 0 Å². The molecule has 74 valence electrons. The lowest BCUT2D eigenvalue weighted by Crippen LogP contribution is -2.11. The number of rotatable bonds is 6. The van der Waals surface area contributed by atoms with E-state index in [1.165, 1.54) is 5.56 Å². The molecule has 0 amide bonds. The van der Waals surface area contributed by atoms with Crippen LogP contribution in [0.4, 0.5) is 0 Å². The smallest absolute Gasteiger partial charge is 0.0397 e. The summed E-state index contributed by atoms with van der Waals surface area (Å²) in [6.45, 7) is 8.49. The first-order valence-electron chi connectivity index (χ1n) is 4.89. The number of allylic oxidation sites excluding steroid dienone is 2. The van der Waals surface area contributed by atoms with Gasteiger partial charge in [0.25, 0.3) is 0 Å². The van der Waals surface area contributed by atoms with Crippen LogP contribution < -0.4 is 5.32 Å². The van der Waals surface area contributed by atoms with Gasteiger partial charge in [0.1, 0.15) is 0 Å². The van der Waals surface area contributed by atoms with Crippen LogP contribution in [0.3, 0.4) is 0 Å². The van der Waals surface area contributed by atoms with Gasteiger partial charge in [-0.1, -0.05) is 43.0 Å². The Balaban J connectivity index is 2.27. The van der Waals surface area contributed by atoms with Gasteiger partial charge in [0.2, 0.25) is 0 Å². The SMILES string of the molecule is C=CCCC(=C)NCc1ccccc1. The summed E-state index contributed by atoms with van der Waals surface area (Å²) in [6, 6.07) is 10.3. The summed E-state index contributed by atoms with van der Waals surface area (Å²) < 4.78 is 0. The molecule has 1 N–H and O–H groups in total. The van der Waals surface area contributed by atoms with Crippen LogP contribution in [-0.2, 0) is 6.54 Å². The van der Waals surface area contributed by atoms with Crippen molar-refractivity contribution in [2.45, 2.75) is 19.4 Å². The molecule has 14 heavy (non-hydrogen) atoms. The molecule has 0 saturated heterocycles. The fourth-order valence-electron chi connectivity index (χ4n) is 1.19. The van der Waals surface area contributed by atoms with E-state index in [-0.39, 0.29) is 0 Å². The molecule has 1 aromatic rings. The average Bonchev–Trinajstić information content (AvgIpc) is 2.25. The number of nitrogens with one attached hydrogen (secondary N) is 1. The van der Waals surface area contributed by atoms with E-state index in [0.717, 1.165) is 25.1 Å². The number of hydrogen-bond donors (Lipinski definition) is 1. The van der Waals surface area contributed by atoms with Crippen LogP contribution in [0.25, 0.3) is 0 Å². The maximum atomic E-state index is 3.95. The Morgan fingerprint density at radius 2 is 2.00 bits per heavy atom. The summed E-state index contributed by atoms with van der Waals surface area (Å²) in [5, 5.41) is 3.29. The largest absolute Gasteiger partial charge is 0.385 e. The first-order valence-corrected chi connectivity index (χ1v) is 4.89. The van der Waals surface area contributed by atoms with Crippen molar-refractivity contribution in [3.05, 3.63) is 60.8 Å². The normalized spacial score (nSPS) is 9.43. The van der Waals surface area contributed by atoms with Crippen LogP contribution in [-0.4, -0.2) is 0 Å². The van der Waals surface area contributed by atoms with Crippen molar-refractivity contribution in [2.75, 3.05) is 0 Å². The predicted molar refractivity (Wildman–Crippen MR) is 61.9 cm³/mol. The lowest BCUT2D eigenvalue weighted by atomic mass is 10.2. The molecule has 0 aliphatic carbocycles. The van der Waals surface area contributed by atoms with E-state index in [9.17, 15) is 0 Å². The summed E-state index contributed by atoms with van der Waals surface area (Å²) in [7, 11) is 0. The van der Waals surface area contributed by atoms with Crippen molar-refractivity contribution in [3.8, 4) is 0 Å². The highest BCUT2D eigenvalue weighted by Crippen LogP contribution is 2.02. The molecule has 1 nitrogen and oxygen atoms in total. The summed E-state index contributed by atoms with van der Waals surface area (Å²) in [5.74, 6) is 0. The van der Waals surface area contributed by atoms with Gasteiger partial charge in [-0.15, -0.1) is 6.58 Å². The van der Waals surface area contributed by atoms with Crippen LogP contribution in [0.2, 0.25) is 0 Å². The van der Waals surface area contributed by atoms with Crippen molar-refractivity contribution in [2.24, 2.45) is 0 Å². The van der Waals surface area contributed by atoms with Gasteiger partial charge in [0.05, 0.1) is 0 Å². The van der Waals surface area contributed by atoms with Gasteiger partial charge in [-0.05, 0) is 18.4 Å². The van der Waals surface area contributed by atoms with Gasteiger partial charge >= 0.3 is 0 Å². The molecule has 1 rings (SSSR count). The van der Waals surface area contributed by atoms with Gasteiger partial charge in [0.15, 0.2) is 0 Å². The highest BCUT2D eigenvalue weighted by atomic mass is 14.9. The van der Waals surface area contributed by atoms with Crippen LogP contribution in [0.15, 0.2) is 55.3 Å². The van der Waals surface area contributed by atoms with Crippen LogP contribution in [0.1, 0.15) is 18.4 Å². The van der Waals surface area contributed by atoms with E-state index in [1.807, 2.05) is 24.3 Å². The monoisotopic (exact) mass is 187 g/mol. The first-order chi connectivity index (χ1) is 6.83. The second kappa shape index (κ2) is 6.03. The fourth-order valence-corrected chi connectivity index (χ4v) is 1.19. The minimum atomic E-state index is 0.858. The predicted octanol–water partition coefficient (Wildman–Crippen LogP) is 3.26. The molecule has 0 aromatic heterocycles. The maximum Gasteiger partial charge on any atom is 0.0397 e. The second-order valence-electron chi connectivity index (χ2n) is 3.27. The number of hydrogen-bond acceptors (Lipinski definition) is 1. The molecule has 0 unspecified atom stereocenters. The fraction of sp³-hybridized carbons (Fsp3) is 0.231.